The molecule has 2 atom stereocenters. The molecule has 136 valence electrons. The summed E-state index contributed by atoms with van der Waals surface area (Å²) in [6.07, 6.45) is 1.22. The average molecular weight is 354 g/mol. The fourth-order valence-corrected chi connectivity index (χ4v) is 3.07. The maximum Gasteiger partial charge on any atom is 0.228 e. The number of hydrogen-bond acceptors (Lipinski definition) is 2. The van der Waals surface area contributed by atoms with E-state index < -0.39 is 0 Å². The second-order valence-electron chi connectivity index (χ2n) is 6.92. The summed E-state index contributed by atoms with van der Waals surface area (Å²) in [5, 5.41) is 5.78. The summed E-state index contributed by atoms with van der Waals surface area (Å²) in [6, 6.07) is 12.1. The van der Waals surface area contributed by atoms with Crippen LogP contribution >= 0.6 is 0 Å². The van der Waals surface area contributed by atoms with Gasteiger partial charge in [-0.1, -0.05) is 29.8 Å². The van der Waals surface area contributed by atoms with Crippen LogP contribution in [0.4, 0.5) is 10.1 Å². The van der Waals surface area contributed by atoms with E-state index in [0.29, 0.717) is 19.4 Å². The van der Waals surface area contributed by atoms with Crippen LogP contribution in [0.1, 0.15) is 23.1 Å². The van der Waals surface area contributed by atoms with E-state index in [2.05, 4.69) is 10.6 Å². The summed E-state index contributed by atoms with van der Waals surface area (Å²) in [5.41, 5.74) is 3.92. The number of carbonyl (C=O) groups is 2. The normalized spacial score (nSPS) is 18.3. The SMILES string of the molecule is Cc1ccc(NC(=O)C2CC2C(=O)NCCc2ccc(F)cc2)c(C)c1. The van der Waals surface area contributed by atoms with Crippen molar-refractivity contribution >= 4 is 17.5 Å². The van der Waals surface area contributed by atoms with Gasteiger partial charge in [-0.05, 0) is 56.0 Å². The maximum atomic E-state index is 12.9. The highest BCUT2D eigenvalue weighted by atomic mass is 19.1. The summed E-state index contributed by atoms with van der Waals surface area (Å²) in [6.45, 7) is 4.44. The first-order chi connectivity index (χ1) is 12.4. The Morgan fingerprint density at radius 1 is 1.04 bits per heavy atom. The molecule has 2 unspecified atom stereocenters. The first kappa shape index (κ1) is 18.1. The van der Waals surface area contributed by atoms with Gasteiger partial charge >= 0.3 is 0 Å². The number of hydrogen-bond donors (Lipinski definition) is 2. The molecule has 2 N–H and O–H groups in total. The topological polar surface area (TPSA) is 58.2 Å². The predicted octanol–water partition coefficient (Wildman–Crippen LogP) is 3.38. The minimum atomic E-state index is -0.270. The molecule has 1 aliphatic carbocycles. The standard InChI is InChI=1S/C21H23FN2O2/c1-13-3-8-19(14(2)11-13)24-21(26)18-12-17(18)20(25)23-10-9-15-4-6-16(22)7-5-15/h3-8,11,17-18H,9-10,12H2,1-2H3,(H,23,25)(H,24,26). The number of halogens is 1. The lowest BCUT2D eigenvalue weighted by atomic mass is 10.1. The van der Waals surface area contributed by atoms with E-state index >= 15 is 0 Å². The number of nitrogens with one attached hydrogen (secondary N) is 2. The molecule has 2 amide bonds. The number of benzene rings is 2. The van der Waals surface area contributed by atoms with Crippen LogP contribution in [-0.4, -0.2) is 18.4 Å². The smallest absolute Gasteiger partial charge is 0.228 e. The van der Waals surface area contributed by atoms with E-state index in [9.17, 15) is 14.0 Å². The van der Waals surface area contributed by atoms with Crippen molar-refractivity contribution in [2.45, 2.75) is 26.7 Å². The van der Waals surface area contributed by atoms with E-state index in [1.54, 1.807) is 12.1 Å². The molecule has 4 nitrogen and oxygen atoms in total. The Kier molecular flexibility index (Phi) is 5.35. The van der Waals surface area contributed by atoms with Crippen LogP contribution in [0.15, 0.2) is 42.5 Å². The maximum absolute atomic E-state index is 12.9. The zero-order valence-electron chi connectivity index (χ0n) is 15.0. The zero-order valence-corrected chi connectivity index (χ0v) is 15.0. The molecule has 5 heteroatoms. The van der Waals surface area contributed by atoms with Crippen molar-refractivity contribution in [3.05, 3.63) is 65.0 Å². The number of carbonyl (C=O) groups excluding carboxylic acids is 2. The third-order valence-corrected chi connectivity index (χ3v) is 4.73. The van der Waals surface area contributed by atoms with Crippen LogP contribution in [0.2, 0.25) is 0 Å². The van der Waals surface area contributed by atoms with Gasteiger partial charge in [0.1, 0.15) is 5.82 Å². The first-order valence-electron chi connectivity index (χ1n) is 8.84. The molecule has 0 radical (unpaired) electrons. The zero-order chi connectivity index (χ0) is 18.7. The third-order valence-electron chi connectivity index (χ3n) is 4.73. The molecule has 1 fully saturated rings. The molecule has 0 bridgehead atoms. The number of aryl methyl sites for hydroxylation is 2. The van der Waals surface area contributed by atoms with Crippen LogP contribution in [-0.2, 0) is 16.0 Å². The van der Waals surface area contributed by atoms with Crippen molar-refractivity contribution in [3.63, 3.8) is 0 Å². The lowest BCUT2D eigenvalue weighted by Gasteiger charge is -2.09. The molecule has 1 aliphatic rings. The monoisotopic (exact) mass is 354 g/mol. The van der Waals surface area contributed by atoms with Crippen molar-refractivity contribution in [3.8, 4) is 0 Å². The second kappa shape index (κ2) is 7.68. The highest BCUT2D eigenvalue weighted by Crippen LogP contribution is 2.39. The van der Waals surface area contributed by atoms with Gasteiger partial charge in [-0.25, -0.2) is 4.39 Å². The van der Waals surface area contributed by atoms with Crippen LogP contribution in [0.5, 0.6) is 0 Å². The van der Waals surface area contributed by atoms with Gasteiger partial charge in [-0.3, -0.25) is 9.59 Å². The van der Waals surface area contributed by atoms with Crippen molar-refractivity contribution < 1.29 is 14.0 Å². The Labute approximate surface area is 152 Å². The first-order valence-corrected chi connectivity index (χ1v) is 8.84. The predicted molar refractivity (Wildman–Crippen MR) is 99.3 cm³/mol. The van der Waals surface area contributed by atoms with E-state index in [0.717, 1.165) is 22.4 Å². The third kappa shape index (κ3) is 4.48. The molecule has 0 aromatic heterocycles. The second-order valence-corrected chi connectivity index (χ2v) is 6.92. The van der Waals surface area contributed by atoms with Gasteiger partial charge in [0.2, 0.25) is 11.8 Å². The van der Waals surface area contributed by atoms with E-state index in [4.69, 9.17) is 0 Å². The van der Waals surface area contributed by atoms with Crippen molar-refractivity contribution in [1.29, 1.82) is 0 Å². The van der Waals surface area contributed by atoms with Crippen LogP contribution in [0.3, 0.4) is 0 Å². The quantitative estimate of drug-likeness (QED) is 0.836. The molecule has 0 spiro atoms. The Morgan fingerprint density at radius 2 is 1.73 bits per heavy atom. The molecule has 2 aromatic rings. The number of rotatable bonds is 6. The van der Waals surface area contributed by atoms with E-state index in [1.165, 1.54) is 12.1 Å². The fourth-order valence-electron chi connectivity index (χ4n) is 3.07. The van der Waals surface area contributed by atoms with Crippen LogP contribution < -0.4 is 10.6 Å². The molecule has 0 heterocycles. The Hall–Kier alpha value is -2.69. The summed E-state index contributed by atoms with van der Waals surface area (Å²) < 4.78 is 12.9. The fraction of sp³-hybridized carbons (Fsp3) is 0.333. The van der Waals surface area contributed by atoms with Crippen molar-refractivity contribution in [1.82, 2.24) is 5.32 Å². The Bertz CT molecular complexity index is 817. The van der Waals surface area contributed by atoms with Gasteiger partial charge in [0.15, 0.2) is 0 Å². The minimum absolute atomic E-state index is 0.0899. The van der Waals surface area contributed by atoms with Crippen LogP contribution in [0.25, 0.3) is 0 Å². The molecule has 0 saturated heterocycles. The van der Waals surface area contributed by atoms with Gasteiger partial charge in [0, 0.05) is 12.2 Å². The highest BCUT2D eigenvalue weighted by Gasteiger charge is 2.47. The largest absolute Gasteiger partial charge is 0.356 e. The highest BCUT2D eigenvalue weighted by molar-refractivity contribution is 5.99. The lowest BCUT2D eigenvalue weighted by Crippen LogP contribution is -2.29. The van der Waals surface area contributed by atoms with Gasteiger partial charge < -0.3 is 10.6 Å². The molecule has 2 aromatic carbocycles. The number of anilines is 1. The molecule has 26 heavy (non-hydrogen) atoms. The van der Waals surface area contributed by atoms with E-state index in [1.807, 2.05) is 32.0 Å². The minimum Gasteiger partial charge on any atom is -0.356 e. The molecular formula is C21H23FN2O2. The van der Waals surface area contributed by atoms with Crippen molar-refractivity contribution in [2.75, 3.05) is 11.9 Å². The van der Waals surface area contributed by atoms with Gasteiger partial charge in [-0.2, -0.15) is 0 Å². The molecule has 3 rings (SSSR count). The summed E-state index contributed by atoms with van der Waals surface area (Å²) in [5.74, 6) is -0.979. The number of amides is 2. The Balaban J connectivity index is 1.44. The van der Waals surface area contributed by atoms with Gasteiger partial charge in [0.05, 0.1) is 11.8 Å². The van der Waals surface area contributed by atoms with Crippen molar-refractivity contribution in [2.24, 2.45) is 11.8 Å². The van der Waals surface area contributed by atoms with Crippen LogP contribution in [0, 0.1) is 31.5 Å². The Morgan fingerprint density at radius 3 is 2.42 bits per heavy atom. The molecule has 0 aliphatic heterocycles. The molecular weight excluding hydrogens is 331 g/mol. The molecule has 1 saturated carbocycles. The van der Waals surface area contributed by atoms with E-state index in [-0.39, 0.29) is 29.5 Å². The van der Waals surface area contributed by atoms with Gasteiger partial charge in [-0.15, -0.1) is 0 Å². The summed E-state index contributed by atoms with van der Waals surface area (Å²) >= 11 is 0. The summed E-state index contributed by atoms with van der Waals surface area (Å²) in [4.78, 5) is 24.5. The lowest BCUT2D eigenvalue weighted by molar-refractivity contribution is -0.125. The van der Waals surface area contributed by atoms with Gasteiger partial charge in [0.25, 0.3) is 0 Å². The summed E-state index contributed by atoms with van der Waals surface area (Å²) in [7, 11) is 0. The average Bonchev–Trinajstić information content (AvgIpc) is 3.40.